The average molecular weight is 290 g/mol. The molecule has 5 nitrogen and oxygen atoms in total. The van der Waals surface area contributed by atoms with Gasteiger partial charge in [0, 0.05) is 31.4 Å². The van der Waals surface area contributed by atoms with E-state index in [4.69, 9.17) is 5.73 Å². The maximum atomic E-state index is 12.8. The maximum absolute atomic E-state index is 12.8. The molecule has 1 aromatic rings. The van der Waals surface area contributed by atoms with Crippen LogP contribution >= 0.6 is 0 Å². The SMILES string of the molecule is CCN(CC)C1CCN(C(=O)c2cc(N)cn2C2CC2)C1. The van der Waals surface area contributed by atoms with Gasteiger partial charge in [0.05, 0.1) is 5.69 Å². The molecule has 1 atom stereocenters. The molecule has 1 aliphatic carbocycles. The fourth-order valence-electron chi connectivity index (χ4n) is 3.45. The van der Waals surface area contributed by atoms with Crippen LogP contribution in [0.4, 0.5) is 5.69 Å². The number of nitrogens with two attached hydrogens (primary N) is 1. The Bertz CT molecular complexity index is 516. The third-order valence-electron chi connectivity index (χ3n) is 4.81. The number of aromatic nitrogens is 1. The highest BCUT2D eigenvalue weighted by molar-refractivity contribution is 5.94. The Morgan fingerprint density at radius 3 is 2.67 bits per heavy atom. The summed E-state index contributed by atoms with van der Waals surface area (Å²) in [5.41, 5.74) is 7.37. The van der Waals surface area contributed by atoms with E-state index in [1.54, 1.807) is 0 Å². The van der Waals surface area contributed by atoms with Gasteiger partial charge in [-0.05, 0) is 38.4 Å². The fourth-order valence-corrected chi connectivity index (χ4v) is 3.45. The maximum Gasteiger partial charge on any atom is 0.270 e. The number of carbonyl (C=O) groups is 1. The van der Waals surface area contributed by atoms with Crippen LogP contribution in [0.3, 0.4) is 0 Å². The lowest BCUT2D eigenvalue weighted by Gasteiger charge is -2.26. The molecule has 1 aliphatic heterocycles. The lowest BCUT2D eigenvalue weighted by Crippen LogP contribution is -2.39. The van der Waals surface area contributed by atoms with E-state index in [9.17, 15) is 4.79 Å². The number of hydrogen-bond acceptors (Lipinski definition) is 3. The molecule has 1 aromatic heterocycles. The van der Waals surface area contributed by atoms with Crippen molar-refractivity contribution in [2.45, 2.75) is 45.2 Å². The van der Waals surface area contributed by atoms with Crippen LogP contribution in [0.1, 0.15) is 49.6 Å². The first-order chi connectivity index (χ1) is 10.1. The van der Waals surface area contributed by atoms with E-state index < -0.39 is 0 Å². The molecule has 3 rings (SSSR count). The largest absolute Gasteiger partial charge is 0.397 e. The van der Waals surface area contributed by atoms with Crippen molar-refractivity contribution in [3.63, 3.8) is 0 Å². The Kier molecular flexibility index (Phi) is 3.93. The summed E-state index contributed by atoms with van der Waals surface area (Å²) in [6, 6.07) is 2.83. The number of nitrogen functional groups attached to an aromatic ring is 1. The number of likely N-dealkylation sites (tertiary alicyclic amines) is 1. The van der Waals surface area contributed by atoms with Crippen molar-refractivity contribution in [1.29, 1.82) is 0 Å². The summed E-state index contributed by atoms with van der Waals surface area (Å²) in [5.74, 6) is 0.147. The van der Waals surface area contributed by atoms with Gasteiger partial charge in [0.1, 0.15) is 5.69 Å². The molecule has 2 aliphatic rings. The van der Waals surface area contributed by atoms with Crippen LogP contribution < -0.4 is 5.73 Å². The summed E-state index contributed by atoms with van der Waals surface area (Å²) in [6.45, 7) is 8.18. The van der Waals surface area contributed by atoms with Crippen LogP contribution in [0.15, 0.2) is 12.3 Å². The minimum absolute atomic E-state index is 0.147. The van der Waals surface area contributed by atoms with Crippen LogP contribution in [0, 0.1) is 0 Å². The minimum Gasteiger partial charge on any atom is -0.397 e. The number of carbonyl (C=O) groups excluding carboxylic acids is 1. The summed E-state index contributed by atoms with van der Waals surface area (Å²) in [4.78, 5) is 17.2. The smallest absolute Gasteiger partial charge is 0.270 e. The van der Waals surface area contributed by atoms with Crippen LogP contribution in [-0.2, 0) is 0 Å². The van der Waals surface area contributed by atoms with Gasteiger partial charge in [-0.3, -0.25) is 9.69 Å². The predicted octanol–water partition coefficient (Wildman–Crippen LogP) is 1.96. The van der Waals surface area contributed by atoms with Crippen molar-refractivity contribution in [2.75, 3.05) is 31.9 Å². The summed E-state index contributed by atoms with van der Waals surface area (Å²) < 4.78 is 2.09. The summed E-state index contributed by atoms with van der Waals surface area (Å²) in [5, 5.41) is 0. The molecular formula is C16H26N4O. The van der Waals surface area contributed by atoms with Crippen LogP contribution in [0.2, 0.25) is 0 Å². The van der Waals surface area contributed by atoms with Crippen molar-refractivity contribution in [2.24, 2.45) is 0 Å². The molecule has 1 saturated heterocycles. The first-order valence-corrected chi connectivity index (χ1v) is 8.14. The van der Waals surface area contributed by atoms with Gasteiger partial charge in [-0.25, -0.2) is 0 Å². The van der Waals surface area contributed by atoms with Gasteiger partial charge < -0.3 is 15.2 Å². The van der Waals surface area contributed by atoms with E-state index in [1.807, 2.05) is 17.2 Å². The summed E-state index contributed by atoms with van der Waals surface area (Å²) >= 11 is 0. The molecule has 1 amide bonds. The number of hydrogen-bond donors (Lipinski definition) is 1. The van der Waals surface area contributed by atoms with Crippen LogP contribution in [-0.4, -0.2) is 52.5 Å². The van der Waals surface area contributed by atoms with Crippen molar-refractivity contribution >= 4 is 11.6 Å². The van der Waals surface area contributed by atoms with Crippen LogP contribution in [0.5, 0.6) is 0 Å². The Balaban J connectivity index is 1.72. The Hall–Kier alpha value is -1.49. The Labute approximate surface area is 126 Å². The number of likely N-dealkylation sites (N-methyl/N-ethyl adjacent to an activating group) is 1. The zero-order chi connectivity index (χ0) is 15.0. The molecule has 0 aromatic carbocycles. The van der Waals surface area contributed by atoms with Crippen molar-refractivity contribution in [3.8, 4) is 0 Å². The second-order valence-electron chi connectivity index (χ2n) is 6.21. The molecule has 0 spiro atoms. The van der Waals surface area contributed by atoms with Crippen molar-refractivity contribution in [1.82, 2.24) is 14.4 Å². The van der Waals surface area contributed by atoms with Gasteiger partial charge in [-0.15, -0.1) is 0 Å². The Morgan fingerprint density at radius 1 is 1.33 bits per heavy atom. The number of rotatable bonds is 5. The zero-order valence-electron chi connectivity index (χ0n) is 13.1. The topological polar surface area (TPSA) is 54.5 Å². The third-order valence-corrected chi connectivity index (χ3v) is 4.81. The first kappa shape index (κ1) is 14.4. The predicted molar refractivity (Wildman–Crippen MR) is 84.3 cm³/mol. The molecule has 1 saturated carbocycles. The molecule has 2 N–H and O–H groups in total. The van der Waals surface area contributed by atoms with Crippen LogP contribution in [0.25, 0.3) is 0 Å². The quantitative estimate of drug-likeness (QED) is 0.902. The normalized spacial score (nSPS) is 22.2. The lowest BCUT2D eigenvalue weighted by molar-refractivity contribution is 0.0767. The Morgan fingerprint density at radius 2 is 2.05 bits per heavy atom. The lowest BCUT2D eigenvalue weighted by atomic mass is 10.2. The number of nitrogens with zero attached hydrogens (tertiary/aromatic N) is 3. The third kappa shape index (κ3) is 2.79. The van der Waals surface area contributed by atoms with Crippen molar-refractivity contribution in [3.05, 3.63) is 18.0 Å². The first-order valence-electron chi connectivity index (χ1n) is 8.14. The monoisotopic (exact) mass is 290 g/mol. The second kappa shape index (κ2) is 5.72. The van der Waals surface area contributed by atoms with Gasteiger partial charge in [0.15, 0.2) is 0 Å². The molecule has 5 heteroatoms. The summed E-state index contributed by atoms with van der Waals surface area (Å²) in [6.07, 6.45) is 5.32. The van der Waals surface area contributed by atoms with Gasteiger partial charge in [-0.2, -0.15) is 0 Å². The highest BCUT2D eigenvalue weighted by Gasteiger charge is 2.33. The van der Waals surface area contributed by atoms with E-state index in [1.165, 1.54) is 0 Å². The van der Waals surface area contributed by atoms with Gasteiger partial charge >= 0.3 is 0 Å². The van der Waals surface area contributed by atoms with E-state index >= 15 is 0 Å². The van der Waals surface area contributed by atoms with Gasteiger partial charge in [-0.1, -0.05) is 13.8 Å². The standard InChI is InChI=1S/C16H26N4O/c1-3-18(4-2)14-7-8-19(11-14)16(21)15-9-12(17)10-20(15)13-5-6-13/h9-10,13-14H,3-8,11,17H2,1-2H3. The second-order valence-corrected chi connectivity index (χ2v) is 6.21. The van der Waals surface area contributed by atoms with E-state index in [2.05, 4.69) is 23.3 Å². The summed E-state index contributed by atoms with van der Waals surface area (Å²) in [7, 11) is 0. The molecule has 116 valence electrons. The van der Waals surface area contributed by atoms with E-state index in [-0.39, 0.29) is 5.91 Å². The van der Waals surface area contributed by atoms with Crippen molar-refractivity contribution < 1.29 is 4.79 Å². The minimum atomic E-state index is 0.147. The zero-order valence-corrected chi connectivity index (χ0v) is 13.1. The van der Waals surface area contributed by atoms with E-state index in [0.717, 1.165) is 51.1 Å². The molecule has 2 fully saturated rings. The number of amides is 1. The highest BCUT2D eigenvalue weighted by Crippen LogP contribution is 2.37. The average Bonchev–Trinajstić information content (AvgIpc) is 3.08. The molecule has 2 heterocycles. The number of anilines is 1. The molecular weight excluding hydrogens is 264 g/mol. The van der Waals surface area contributed by atoms with Gasteiger partial charge in [0.25, 0.3) is 5.91 Å². The molecule has 1 unspecified atom stereocenters. The molecule has 0 radical (unpaired) electrons. The van der Waals surface area contributed by atoms with E-state index in [0.29, 0.717) is 17.8 Å². The fraction of sp³-hybridized carbons (Fsp3) is 0.688. The highest BCUT2D eigenvalue weighted by atomic mass is 16.2. The van der Waals surface area contributed by atoms with Gasteiger partial charge in [0.2, 0.25) is 0 Å². The molecule has 21 heavy (non-hydrogen) atoms. The molecule has 0 bridgehead atoms.